The van der Waals surface area contributed by atoms with Crippen molar-refractivity contribution in [2.45, 2.75) is 10.1 Å². The molecule has 0 spiro atoms. The van der Waals surface area contributed by atoms with Crippen LogP contribution in [0.5, 0.6) is 0 Å². The molecule has 3 N–H and O–H groups in total. The third-order valence-corrected chi connectivity index (χ3v) is 10.1. The summed E-state index contributed by atoms with van der Waals surface area (Å²) in [5.74, 6) is -1.15. The molecule has 48 heavy (non-hydrogen) atoms. The Labute approximate surface area is 294 Å². The van der Waals surface area contributed by atoms with Gasteiger partial charge in [0.15, 0.2) is 5.13 Å². The summed E-state index contributed by atoms with van der Waals surface area (Å²) in [7, 11) is 0. The van der Waals surface area contributed by atoms with E-state index in [4.69, 9.17) is 11.6 Å². The summed E-state index contributed by atoms with van der Waals surface area (Å²) in [6.45, 7) is 0. The van der Waals surface area contributed by atoms with Crippen molar-refractivity contribution in [1.29, 1.82) is 0 Å². The fraction of sp³-hybridized carbons (Fsp3) is 0.0270. The lowest BCUT2D eigenvalue weighted by atomic mass is 10.1. The van der Waals surface area contributed by atoms with Crippen LogP contribution in [0.25, 0.3) is 16.6 Å². The number of rotatable bonds is 11. The normalized spacial score (nSPS) is 11.8. The molecule has 2 heterocycles. The average molecular weight is 707 g/mol. The number of anilines is 2. The highest BCUT2D eigenvalue weighted by Crippen LogP contribution is 2.38. The molecule has 3 amide bonds. The fourth-order valence-electron chi connectivity index (χ4n) is 4.59. The number of thioether (sulfide) groups is 1. The number of amides is 3. The Morgan fingerprint density at radius 3 is 2.27 bits per heavy atom. The van der Waals surface area contributed by atoms with Crippen molar-refractivity contribution in [3.05, 3.63) is 159 Å². The third kappa shape index (κ3) is 8.67. The van der Waals surface area contributed by atoms with Crippen molar-refractivity contribution in [2.24, 2.45) is 0 Å². The van der Waals surface area contributed by atoms with Crippen molar-refractivity contribution < 1.29 is 14.4 Å². The molecule has 6 rings (SSSR count). The molecule has 0 saturated carbocycles. The highest BCUT2D eigenvalue weighted by molar-refractivity contribution is 8.00. The molecule has 0 aliphatic heterocycles. The lowest BCUT2D eigenvalue weighted by molar-refractivity contribution is -0.116. The van der Waals surface area contributed by atoms with Crippen molar-refractivity contribution in [2.75, 3.05) is 10.6 Å². The Balaban J connectivity index is 1.21. The second-order valence-electron chi connectivity index (χ2n) is 10.3. The molecule has 238 valence electrons. The van der Waals surface area contributed by atoms with Gasteiger partial charge in [0.2, 0.25) is 5.91 Å². The maximum atomic E-state index is 13.7. The number of hydrogen-bond acceptors (Lipinski definition) is 7. The van der Waals surface area contributed by atoms with E-state index in [9.17, 15) is 14.4 Å². The van der Waals surface area contributed by atoms with Crippen LogP contribution in [0, 0.1) is 0 Å². The molecule has 1 atom stereocenters. The first-order chi connectivity index (χ1) is 23.4. The van der Waals surface area contributed by atoms with Gasteiger partial charge in [-0.05, 0) is 71.1 Å². The van der Waals surface area contributed by atoms with Gasteiger partial charge in [-0.3, -0.25) is 14.4 Å². The van der Waals surface area contributed by atoms with E-state index in [0.717, 1.165) is 21.0 Å². The zero-order valence-electron chi connectivity index (χ0n) is 25.1. The maximum Gasteiger partial charge on any atom is 0.272 e. The molecule has 6 aromatic rings. The van der Waals surface area contributed by atoms with Crippen molar-refractivity contribution >= 4 is 80.7 Å². The lowest BCUT2D eigenvalue weighted by Gasteiger charge is -2.17. The zero-order chi connectivity index (χ0) is 33.3. The number of carbonyl (C=O) groups excluding carboxylic acids is 3. The predicted molar refractivity (Wildman–Crippen MR) is 198 cm³/mol. The second kappa shape index (κ2) is 15.7. The highest BCUT2D eigenvalue weighted by Gasteiger charge is 2.24. The SMILES string of the molecule is O=C(Nc1cccc(SC(C(=O)Nc2nc(-c3cccs3)cs2)c2ccccc2)c1)/C(=C/c1ccc(Cl)cc1)NC(=O)c1ccccc1. The first-order valence-electron chi connectivity index (χ1n) is 14.7. The van der Waals surface area contributed by atoms with Crippen molar-refractivity contribution in [1.82, 2.24) is 10.3 Å². The number of benzene rings is 4. The summed E-state index contributed by atoms with van der Waals surface area (Å²) < 4.78 is 0. The van der Waals surface area contributed by atoms with E-state index >= 15 is 0 Å². The number of halogens is 1. The summed E-state index contributed by atoms with van der Waals surface area (Å²) in [5, 5.41) is 13.0. The molecule has 0 radical (unpaired) electrons. The molecule has 0 aliphatic carbocycles. The summed E-state index contributed by atoms with van der Waals surface area (Å²) in [5.41, 5.74) is 3.28. The van der Waals surface area contributed by atoms with E-state index in [2.05, 4.69) is 20.9 Å². The molecule has 0 bridgehead atoms. The van der Waals surface area contributed by atoms with Gasteiger partial charge < -0.3 is 16.0 Å². The quantitative estimate of drug-likeness (QED) is 0.0921. The first-order valence-corrected chi connectivity index (χ1v) is 17.7. The molecule has 7 nitrogen and oxygen atoms in total. The monoisotopic (exact) mass is 706 g/mol. The van der Waals surface area contributed by atoms with Crippen LogP contribution < -0.4 is 16.0 Å². The Morgan fingerprint density at radius 1 is 0.792 bits per heavy atom. The second-order valence-corrected chi connectivity index (χ2v) is 13.7. The van der Waals surface area contributed by atoms with E-state index in [-0.39, 0.29) is 11.6 Å². The van der Waals surface area contributed by atoms with Crippen molar-refractivity contribution in [3.63, 3.8) is 0 Å². The van der Waals surface area contributed by atoms with Gasteiger partial charge in [-0.1, -0.05) is 84.4 Å². The van der Waals surface area contributed by atoms with E-state index in [0.29, 0.717) is 27.0 Å². The van der Waals surface area contributed by atoms with Crippen LogP contribution in [0.2, 0.25) is 5.02 Å². The van der Waals surface area contributed by atoms with E-state index in [1.165, 1.54) is 23.1 Å². The van der Waals surface area contributed by atoms with Crippen LogP contribution in [-0.2, 0) is 9.59 Å². The summed E-state index contributed by atoms with van der Waals surface area (Å²) in [6, 6.07) is 36.3. The van der Waals surface area contributed by atoms with Crippen LogP contribution in [0.4, 0.5) is 10.8 Å². The fourth-order valence-corrected chi connectivity index (χ4v) is 7.27. The molecule has 2 aromatic heterocycles. The number of hydrogen-bond donors (Lipinski definition) is 3. The summed E-state index contributed by atoms with van der Waals surface area (Å²) in [6.07, 6.45) is 1.59. The Bertz CT molecular complexity index is 2050. The number of carbonyl (C=O) groups is 3. The molecule has 4 aromatic carbocycles. The topological polar surface area (TPSA) is 100 Å². The molecule has 0 fully saturated rings. The zero-order valence-corrected chi connectivity index (χ0v) is 28.3. The van der Waals surface area contributed by atoms with Gasteiger partial charge in [-0.2, -0.15) is 0 Å². The highest BCUT2D eigenvalue weighted by atomic mass is 35.5. The van der Waals surface area contributed by atoms with Gasteiger partial charge in [0.1, 0.15) is 10.9 Å². The van der Waals surface area contributed by atoms with Gasteiger partial charge in [0, 0.05) is 26.5 Å². The molecular weight excluding hydrogens is 680 g/mol. The minimum absolute atomic E-state index is 0.0520. The van der Waals surface area contributed by atoms with Gasteiger partial charge in [-0.25, -0.2) is 4.98 Å². The minimum Gasteiger partial charge on any atom is -0.321 e. The van der Waals surface area contributed by atoms with Crippen LogP contribution in [0.15, 0.2) is 143 Å². The molecule has 11 heteroatoms. The Hall–Kier alpha value is -5.00. The number of thiazole rings is 1. The number of thiophene rings is 1. The minimum atomic E-state index is -0.600. The molecular formula is C37H27ClN4O3S3. The third-order valence-electron chi connectivity index (χ3n) is 6.90. The Morgan fingerprint density at radius 2 is 1.54 bits per heavy atom. The van der Waals surface area contributed by atoms with Gasteiger partial charge >= 0.3 is 0 Å². The number of nitrogens with one attached hydrogen (secondary N) is 3. The maximum absolute atomic E-state index is 13.7. The summed E-state index contributed by atoms with van der Waals surface area (Å²) in [4.78, 5) is 46.7. The molecule has 0 saturated heterocycles. The summed E-state index contributed by atoms with van der Waals surface area (Å²) >= 11 is 10.4. The lowest BCUT2D eigenvalue weighted by Crippen LogP contribution is -2.30. The van der Waals surface area contributed by atoms with E-state index in [1.54, 1.807) is 84.1 Å². The van der Waals surface area contributed by atoms with E-state index in [1.807, 2.05) is 65.4 Å². The van der Waals surface area contributed by atoms with Gasteiger partial charge in [-0.15, -0.1) is 34.4 Å². The van der Waals surface area contributed by atoms with Crippen LogP contribution >= 0.6 is 46.0 Å². The van der Waals surface area contributed by atoms with Crippen LogP contribution in [0.3, 0.4) is 0 Å². The molecule has 0 aliphatic rings. The predicted octanol–water partition coefficient (Wildman–Crippen LogP) is 9.41. The van der Waals surface area contributed by atoms with Gasteiger partial charge in [0.25, 0.3) is 11.8 Å². The number of aromatic nitrogens is 1. The van der Waals surface area contributed by atoms with Crippen LogP contribution in [0.1, 0.15) is 26.7 Å². The molecule has 1 unspecified atom stereocenters. The average Bonchev–Trinajstić information content (AvgIpc) is 3.82. The Kier molecular flexibility index (Phi) is 10.8. The van der Waals surface area contributed by atoms with E-state index < -0.39 is 17.1 Å². The van der Waals surface area contributed by atoms with Crippen molar-refractivity contribution in [3.8, 4) is 10.6 Å². The smallest absolute Gasteiger partial charge is 0.272 e. The van der Waals surface area contributed by atoms with Crippen LogP contribution in [-0.4, -0.2) is 22.7 Å². The standard InChI is InChI=1S/C37H27ClN4O3S3/c38-27-18-16-24(17-19-27)21-30(40-34(43)26-11-5-2-6-12-26)35(44)39-28-13-7-14-29(22-28)48-33(25-9-3-1-4-10-25)36(45)42-37-41-31(23-47-37)32-15-8-20-46-32/h1-23,33H,(H,39,44)(H,40,43)(H,41,42,45)/b30-21-. The first kappa shape index (κ1) is 32.9. The number of nitrogens with zero attached hydrogens (tertiary/aromatic N) is 1. The van der Waals surface area contributed by atoms with Gasteiger partial charge in [0.05, 0.1) is 10.6 Å². The largest absolute Gasteiger partial charge is 0.321 e.